The molecular weight excluding hydrogens is 480 g/mol. The van der Waals surface area contributed by atoms with Crippen molar-refractivity contribution < 1.29 is 13.2 Å². The zero-order valence-electron chi connectivity index (χ0n) is 19.9. The number of ether oxygens (including phenoxy) is 1. The van der Waals surface area contributed by atoms with E-state index in [2.05, 4.69) is 14.8 Å². The molecule has 9 heteroatoms. The van der Waals surface area contributed by atoms with Crippen molar-refractivity contribution in [3.63, 3.8) is 0 Å². The molecule has 35 heavy (non-hydrogen) atoms. The highest BCUT2D eigenvalue weighted by atomic mass is 32.2. The van der Waals surface area contributed by atoms with Crippen molar-refractivity contribution in [2.45, 2.75) is 30.7 Å². The first-order valence-corrected chi connectivity index (χ1v) is 14.6. The van der Waals surface area contributed by atoms with Gasteiger partial charge in [0.1, 0.15) is 0 Å². The molecule has 2 aromatic carbocycles. The van der Waals surface area contributed by atoms with E-state index in [0.717, 1.165) is 80.4 Å². The summed E-state index contributed by atoms with van der Waals surface area (Å²) >= 11 is 1.62. The lowest BCUT2D eigenvalue weighted by molar-refractivity contribution is 0.0369. The van der Waals surface area contributed by atoms with E-state index in [1.165, 1.54) is 0 Å². The Morgan fingerprint density at radius 2 is 1.60 bits per heavy atom. The first-order valence-electron chi connectivity index (χ1n) is 12.3. The van der Waals surface area contributed by atoms with Gasteiger partial charge >= 0.3 is 0 Å². The minimum Gasteiger partial charge on any atom is -0.379 e. The maximum atomic E-state index is 12.9. The lowest BCUT2D eigenvalue weighted by atomic mass is 10.2. The molecule has 186 valence electrons. The standard InChI is InChI=1S/C26H32N4O3S2/c31-35(32,29-14-4-5-15-29)24-11-9-22(10-12-24)25-21-34-26(27-23-7-2-1-3-8-23)30(25)16-6-13-28-17-19-33-20-18-28/h1-3,7-12,21H,4-6,13-20H2. The zero-order valence-corrected chi connectivity index (χ0v) is 21.5. The quantitative estimate of drug-likeness (QED) is 0.458. The van der Waals surface area contributed by atoms with E-state index in [1.54, 1.807) is 27.8 Å². The summed E-state index contributed by atoms with van der Waals surface area (Å²) in [5, 5.41) is 2.13. The van der Waals surface area contributed by atoms with Gasteiger partial charge in [-0.15, -0.1) is 11.3 Å². The highest BCUT2D eigenvalue weighted by Crippen LogP contribution is 2.26. The Kier molecular flexibility index (Phi) is 7.79. The van der Waals surface area contributed by atoms with Gasteiger partial charge in [-0.1, -0.05) is 30.3 Å². The van der Waals surface area contributed by atoms with Crippen molar-refractivity contribution in [3.05, 3.63) is 64.8 Å². The number of morpholine rings is 1. The molecule has 5 rings (SSSR count). The molecule has 0 atom stereocenters. The molecule has 0 amide bonds. The number of thiazole rings is 1. The summed E-state index contributed by atoms with van der Waals surface area (Å²) in [6.45, 7) is 6.66. The second-order valence-electron chi connectivity index (χ2n) is 8.95. The molecule has 2 fully saturated rings. The predicted octanol–water partition coefficient (Wildman–Crippen LogP) is 3.96. The van der Waals surface area contributed by atoms with E-state index in [4.69, 9.17) is 9.73 Å². The highest BCUT2D eigenvalue weighted by Gasteiger charge is 2.27. The summed E-state index contributed by atoms with van der Waals surface area (Å²) in [6, 6.07) is 17.3. The fourth-order valence-electron chi connectivity index (χ4n) is 4.63. The number of para-hydroxylation sites is 1. The van der Waals surface area contributed by atoms with Crippen LogP contribution in [0.1, 0.15) is 19.3 Å². The normalized spacial score (nSPS) is 18.3. The second-order valence-corrected chi connectivity index (χ2v) is 11.7. The third kappa shape index (κ3) is 5.76. The van der Waals surface area contributed by atoms with E-state index >= 15 is 0 Å². The van der Waals surface area contributed by atoms with Gasteiger partial charge in [0, 0.05) is 44.6 Å². The summed E-state index contributed by atoms with van der Waals surface area (Å²) in [6.07, 6.45) is 2.88. The van der Waals surface area contributed by atoms with Crippen LogP contribution in [0, 0.1) is 0 Å². The summed E-state index contributed by atoms with van der Waals surface area (Å²) in [7, 11) is -3.42. The second kappa shape index (κ2) is 11.2. The molecule has 0 spiro atoms. The van der Waals surface area contributed by atoms with Gasteiger partial charge in [-0.05, 0) is 49.1 Å². The van der Waals surface area contributed by atoms with Crippen LogP contribution in [0.5, 0.6) is 0 Å². The van der Waals surface area contributed by atoms with Crippen LogP contribution in [0.4, 0.5) is 5.69 Å². The Bertz CT molecular complexity index is 1270. The Morgan fingerprint density at radius 1 is 0.886 bits per heavy atom. The van der Waals surface area contributed by atoms with Gasteiger partial charge in [0.2, 0.25) is 10.0 Å². The molecule has 3 aromatic rings. The van der Waals surface area contributed by atoms with Gasteiger partial charge in [-0.3, -0.25) is 4.90 Å². The Balaban J connectivity index is 1.42. The monoisotopic (exact) mass is 512 g/mol. The zero-order chi connectivity index (χ0) is 24.1. The Labute approximate surface area is 211 Å². The Hall–Kier alpha value is -2.30. The molecule has 0 aliphatic carbocycles. The minimum absolute atomic E-state index is 0.367. The van der Waals surface area contributed by atoms with Crippen molar-refractivity contribution in [2.24, 2.45) is 4.99 Å². The van der Waals surface area contributed by atoms with Crippen LogP contribution in [0.25, 0.3) is 11.3 Å². The Morgan fingerprint density at radius 3 is 2.31 bits per heavy atom. The fraction of sp³-hybridized carbons (Fsp3) is 0.423. The van der Waals surface area contributed by atoms with Crippen LogP contribution in [0.2, 0.25) is 0 Å². The van der Waals surface area contributed by atoms with Gasteiger partial charge < -0.3 is 9.30 Å². The summed E-state index contributed by atoms with van der Waals surface area (Å²) < 4.78 is 35.2. The van der Waals surface area contributed by atoms with Crippen LogP contribution < -0.4 is 4.80 Å². The smallest absolute Gasteiger partial charge is 0.243 e. The van der Waals surface area contributed by atoms with Crippen molar-refractivity contribution in [3.8, 4) is 11.3 Å². The number of aromatic nitrogens is 1. The summed E-state index contributed by atoms with van der Waals surface area (Å²) in [4.78, 5) is 8.67. The number of hydrogen-bond donors (Lipinski definition) is 0. The maximum absolute atomic E-state index is 12.9. The van der Waals surface area contributed by atoms with Crippen molar-refractivity contribution in [1.29, 1.82) is 0 Å². The van der Waals surface area contributed by atoms with Gasteiger partial charge in [0.05, 0.1) is 29.5 Å². The third-order valence-corrected chi connectivity index (χ3v) is 9.37. The predicted molar refractivity (Wildman–Crippen MR) is 139 cm³/mol. The lowest BCUT2D eigenvalue weighted by Gasteiger charge is -2.26. The van der Waals surface area contributed by atoms with Crippen molar-refractivity contribution >= 4 is 27.0 Å². The van der Waals surface area contributed by atoms with Crippen LogP contribution >= 0.6 is 11.3 Å². The molecule has 1 aromatic heterocycles. The van der Waals surface area contributed by atoms with Crippen LogP contribution in [0.15, 0.2) is 69.9 Å². The molecule has 2 aliphatic heterocycles. The van der Waals surface area contributed by atoms with Crippen molar-refractivity contribution in [2.75, 3.05) is 45.9 Å². The molecule has 7 nitrogen and oxygen atoms in total. The maximum Gasteiger partial charge on any atom is 0.243 e. The largest absolute Gasteiger partial charge is 0.379 e. The van der Waals surface area contributed by atoms with E-state index in [9.17, 15) is 8.42 Å². The molecule has 0 radical (unpaired) electrons. The molecule has 2 aliphatic rings. The van der Waals surface area contributed by atoms with Crippen LogP contribution in [-0.2, 0) is 21.3 Å². The third-order valence-electron chi connectivity index (χ3n) is 6.59. The van der Waals surface area contributed by atoms with Gasteiger partial charge in [-0.2, -0.15) is 4.31 Å². The average molecular weight is 513 g/mol. The number of hydrogen-bond acceptors (Lipinski definition) is 6. The van der Waals surface area contributed by atoms with Crippen LogP contribution in [0.3, 0.4) is 0 Å². The first kappa shape index (κ1) is 24.4. The number of sulfonamides is 1. The minimum atomic E-state index is -3.42. The molecule has 3 heterocycles. The van der Waals surface area contributed by atoms with Gasteiger partial charge in [0.15, 0.2) is 4.80 Å². The fourth-order valence-corrected chi connectivity index (χ4v) is 7.10. The van der Waals surface area contributed by atoms with Gasteiger partial charge in [0.25, 0.3) is 0 Å². The van der Waals surface area contributed by atoms with Crippen LogP contribution in [-0.4, -0.2) is 68.1 Å². The summed E-state index contributed by atoms with van der Waals surface area (Å²) in [5.74, 6) is 0. The molecule has 0 N–H and O–H groups in total. The topological polar surface area (TPSA) is 67.1 Å². The molecular formula is C26H32N4O3S2. The van der Waals surface area contributed by atoms with E-state index in [1.807, 2.05) is 42.5 Å². The molecule has 0 unspecified atom stereocenters. The van der Waals surface area contributed by atoms with Gasteiger partial charge in [-0.25, -0.2) is 13.4 Å². The number of benzene rings is 2. The lowest BCUT2D eigenvalue weighted by Crippen LogP contribution is -2.37. The number of nitrogens with zero attached hydrogens (tertiary/aromatic N) is 4. The van der Waals surface area contributed by atoms with E-state index in [0.29, 0.717) is 18.0 Å². The van der Waals surface area contributed by atoms with E-state index in [-0.39, 0.29) is 0 Å². The SMILES string of the molecule is O=S(=O)(c1ccc(-c2csc(=Nc3ccccc3)n2CCCN2CCOCC2)cc1)N1CCCC1. The first-order chi connectivity index (χ1) is 17.1. The summed E-state index contributed by atoms with van der Waals surface area (Å²) in [5.41, 5.74) is 2.99. The van der Waals surface area contributed by atoms with E-state index < -0.39 is 10.0 Å². The van der Waals surface area contributed by atoms with Crippen molar-refractivity contribution in [1.82, 2.24) is 13.8 Å². The molecule has 0 saturated carbocycles. The molecule has 0 bridgehead atoms. The average Bonchev–Trinajstić information content (AvgIpc) is 3.57. The molecule has 2 saturated heterocycles. The number of rotatable bonds is 8. The highest BCUT2D eigenvalue weighted by molar-refractivity contribution is 7.89.